The molecule has 8 nitrogen and oxygen atoms in total. The number of nitrogens with one attached hydrogen (secondary N) is 2. The lowest BCUT2D eigenvalue weighted by Gasteiger charge is -2.19. The van der Waals surface area contributed by atoms with Crippen molar-refractivity contribution in [2.45, 2.75) is 46.1 Å². The summed E-state index contributed by atoms with van der Waals surface area (Å²) in [6.45, 7) is 8.16. The fourth-order valence-electron chi connectivity index (χ4n) is 1.60. The third kappa shape index (κ3) is 7.64. The molecule has 1 amide bonds. The van der Waals surface area contributed by atoms with Crippen molar-refractivity contribution in [1.82, 2.24) is 9.97 Å². The van der Waals surface area contributed by atoms with E-state index in [1.54, 1.807) is 20.8 Å². The molecule has 1 aromatic rings. The summed E-state index contributed by atoms with van der Waals surface area (Å²) in [5.41, 5.74) is -0.601. The number of unbranched alkanes of at least 4 members (excludes halogenated alkanes) is 1. The Morgan fingerprint density at radius 3 is 2.74 bits per heavy atom. The maximum absolute atomic E-state index is 11.8. The molecule has 130 valence electrons. The Bertz CT molecular complexity index is 503. The van der Waals surface area contributed by atoms with Crippen molar-refractivity contribution in [3.8, 4) is 5.75 Å². The van der Waals surface area contributed by atoms with Gasteiger partial charge in [-0.25, -0.2) is 9.78 Å². The largest absolute Gasteiger partial charge is 0.486 e. The number of aliphatic hydroxyl groups excluding tert-OH is 1. The molecule has 0 saturated heterocycles. The third-order valence-electron chi connectivity index (χ3n) is 2.54. The van der Waals surface area contributed by atoms with E-state index in [1.165, 1.54) is 6.20 Å². The molecule has 8 heteroatoms. The van der Waals surface area contributed by atoms with Gasteiger partial charge in [0.05, 0.1) is 12.8 Å². The second-order valence-electron chi connectivity index (χ2n) is 5.89. The number of aromatic nitrogens is 2. The molecule has 3 N–H and O–H groups in total. The normalized spacial score (nSPS) is 11.0. The highest BCUT2D eigenvalue weighted by Gasteiger charge is 2.18. The van der Waals surface area contributed by atoms with Gasteiger partial charge in [-0.2, -0.15) is 4.98 Å². The molecule has 0 bridgehead atoms. The number of amides is 1. The van der Waals surface area contributed by atoms with E-state index in [4.69, 9.17) is 14.6 Å². The van der Waals surface area contributed by atoms with Gasteiger partial charge in [0.15, 0.2) is 11.6 Å². The molecule has 0 aromatic carbocycles. The van der Waals surface area contributed by atoms with Crippen molar-refractivity contribution >= 4 is 17.9 Å². The highest BCUT2D eigenvalue weighted by atomic mass is 16.6. The first kappa shape index (κ1) is 19.0. The summed E-state index contributed by atoms with van der Waals surface area (Å²) in [6, 6.07) is 0. The Hall–Kier alpha value is -2.09. The van der Waals surface area contributed by atoms with E-state index in [0.29, 0.717) is 11.6 Å². The molecular formula is C15H26N4O4. The summed E-state index contributed by atoms with van der Waals surface area (Å²) in [5, 5.41) is 14.5. The maximum Gasteiger partial charge on any atom is 0.414 e. The van der Waals surface area contributed by atoms with Crippen LogP contribution in [0.4, 0.5) is 16.6 Å². The van der Waals surface area contributed by atoms with Gasteiger partial charge < -0.3 is 19.9 Å². The molecule has 1 heterocycles. The number of anilines is 2. The highest BCUT2D eigenvalue weighted by molar-refractivity contribution is 5.82. The topological polar surface area (TPSA) is 106 Å². The van der Waals surface area contributed by atoms with Crippen LogP contribution in [0.1, 0.15) is 40.5 Å². The summed E-state index contributed by atoms with van der Waals surface area (Å²) in [6.07, 6.45) is 2.83. The fourth-order valence-corrected chi connectivity index (χ4v) is 1.60. The number of aliphatic hydroxyl groups is 1. The first-order valence-corrected chi connectivity index (χ1v) is 7.70. The van der Waals surface area contributed by atoms with Gasteiger partial charge in [0, 0.05) is 6.54 Å². The van der Waals surface area contributed by atoms with Crippen LogP contribution in [0.5, 0.6) is 5.75 Å². The van der Waals surface area contributed by atoms with E-state index in [9.17, 15) is 4.79 Å². The Kier molecular flexibility index (Phi) is 7.53. The van der Waals surface area contributed by atoms with Crippen LogP contribution in [0, 0.1) is 0 Å². The van der Waals surface area contributed by atoms with Crippen LogP contribution >= 0.6 is 0 Å². The second-order valence-corrected chi connectivity index (χ2v) is 5.89. The standard InChI is InChI=1S/C15H26N4O4/c1-5-6-7-16-12-11(22-9-8-20)10-17-13(18-12)19-14(21)23-15(2,3)4/h10,20H,5-9H2,1-4H3,(H2,16,17,18,19,21). The average Bonchev–Trinajstić information content (AvgIpc) is 2.44. The lowest BCUT2D eigenvalue weighted by Crippen LogP contribution is -2.28. The number of rotatable bonds is 8. The number of carbonyl (C=O) groups is 1. The van der Waals surface area contributed by atoms with E-state index < -0.39 is 11.7 Å². The zero-order valence-corrected chi connectivity index (χ0v) is 14.2. The smallest absolute Gasteiger partial charge is 0.414 e. The van der Waals surface area contributed by atoms with Crippen molar-refractivity contribution in [3.05, 3.63) is 6.20 Å². The first-order valence-electron chi connectivity index (χ1n) is 7.70. The van der Waals surface area contributed by atoms with Crippen molar-refractivity contribution < 1.29 is 19.4 Å². The summed E-state index contributed by atoms with van der Waals surface area (Å²) < 4.78 is 10.5. The highest BCUT2D eigenvalue weighted by Crippen LogP contribution is 2.22. The van der Waals surface area contributed by atoms with Gasteiger partial charge >= 0.3 is 6.09 Å². The first-order chi connectivity index (χ1) is 10.9. The Labute approximate surface area is 136 Å². The Balaban J connectivity index is 2.80. The summed E-state index contributed by atoms with van der Waals surface area (Å²) in [5.74, 6) is 1.01. The van der Waals surface area contributed by atoms with Crippen LogP contribution < -0.4 is 15.4 Å². The van der Waals surface area contributed by atoms with E-state index >= 15 is 0 Å². The molecule has 0 unspecified atom stereocenters. The molecule has 1 rings (SSSR count). The SMILES string of the molecule is CCCCNc1nc(NC(=O)OC(C)(C)C)ncc1OCCO. The number of hydrogen-bond acceptors (Lipinski definition) is 7. The molecular weight excluding hydrogens is 300 g/mol. The average molecular weight is 326 g/mol. The molecule has 0 spiro atoms. The monoisotopic (exact) mass is 326 g/mol. The lowest BCUT2D eigenvalue weighted by molar-refractivity contribution is 0.0634. The Morgan fingerprint density at radius 2 is 2.13 bits per heavy atom. The second kappa shape index (κ2) is 9.14. The summed E-state index contributed by atoms with van der Waals surface area (Å²) >= 11 is 0. The zero-order valence-electron chi connectivity index (χ0n) is 14.2. The van der Waals surface area contributed by atoms with E-state index in [-0.39, 0.29) is 19.2 Å². The molecule has 0 atom stereocenters. The third-order valence-corrected chi connectivity index (χ3v) is 2.54. The summed E-state index contributed by atoms with van der Waals surface area (Å²) in [7, 11) is 0. The minimum Gasteiger partial charge on any atom is -0.486 e. The van der Waals surface area contributed by atoms with E-state index in [1.807, 2.05) is 0 Å². The van der Waals surface area contributed by atoms with Crippen LogP contribution in [0.15, 0.2) is 6.20 Å². The van der Waals surface area contributed by atoms with Crippen molar-refractivity contribution in [2.75, 3.05) is 30.4 Å². The predicted molar refractivity (Wildman–Crippen MR) is 87.9 cm³/mol. The quantitative estimate of drug-likeness (QED) is 0.630. The molecule has 0 saturated carbocycles. The van der Waals surface area contributed by atoms with Crippen LogP contribution in [0.3, 0.4) is 0 Å². The van der Waals surface area contributed by atoms with Gasteiger partial charge in [-0.15, -0.1) is 0 Å². The number of carbonyl (C=O) groups excluding carboxylic acids is 1. The molecule has 0 aliphatic carbocycles. The molecule has 0 fully saturated rings. The maximum atomic E-state index is 11.8. The minimum absolute atomic E-state index is 0.105. The summed E-state index contributed by atoms with van der Waals surface area (Å²) in [4.78, 5) is 20.0. The molecule has 1 aromatic heterocycles. The van der Waals surface area contributed by atoms with Gasteiger partial charge in [0.1, 0.15) is 12.2 Å². The van der Waals surface area contributed by atoms with Crippen molar-refractivity contribution in [2.24, 2.45) is 0 Å². The molecule has 23 heavy (non-hydrogen) atoms. The predicted octanol–water partition coefficient (Wildman–Crippen LogP) is 2.41. The van der Waals surface area contributed by atoms with Gasteiger partial charge in [-0.3, -0.25) is 5.32 Å². The number of nitrogens with zero attached hydrogens (tertiary/aromatic N) is 2. The Morgan fingerprint density at radius 1 is 1.39 bits per heavy atom. The van der Waals surface area contributed by atoms with Gasteiger partial charge in [-0.05, 0) is 27.2 Å². The lowest BCUT2D eigenvalue weighted by atomic mass is 10.2. The number of hydrogen-bond donors (Lipinski definition) is 3. The molecule has 0 aliphatic rings. The van der Waals surface area contributed by atoms with Gasteiger partial charge in [0.25, 0.3) is 0 Å². The van der Waals surface area contributed by atoms with Crippen LogP contribution in [-0.4, -0.2) is 46.5 Å². The molecule has 0 aliphatic heterocycles. The fraction of sp³-hybridized carbons (Fsp3) is 0.667. The zero-order chi connectivity index (χ0) is 17.3. The van der Waals surface area contributed by atoms with Crippen LogP contribution in [0.25, 0.3) is 0 Å². The van der Waals surface area contributed by atoms with Gasteiger partial charge in [0.2, 0.25) is 5.95 Å². The minimum atomic E-state index is -0.624. The van der Waals surface area contributed by atoms with Crippen LogP contribution in [0.2, 0.25) is 0 Å². The van der Waals surface area contributed by atoms with E-state index in [2.05, 4.69) is 27.5 Å². The van der Waals surface area contributed by atoms with E-state index in [0.717, 1.165) is 19.4 Å². The van der Waals surface area contributed by atoms with Crippen LogP contribution in [-0.2, 0) is 4.74 Å². The van der Waals surface area contributed by atoms with Crippen molar-refractivity contribution in [1.29, 1.82) is 0 Å². The number of ether oxygens (including phenoxy) is 2. The van der Waals surface area contributed by atoms with Gasteiger partial charge in [-0.1, -0.05) is 13.3 Å². The molecule has 0 radical (unpaired) electrons. The van der Waals surface area contributed by atoms with Crippen molar-refractivity contribution in [3.63, 3.8) is 0 Å².